The van der Waals surface area contributed by atoms with E-state index in [1.165, 1.54) is 0 Å². The Morgan fingerprint density at radius 3 is 1.87 bits per heavy atom. The third-order valence-electron chi connectivity index (χ3n) is 3.97. The smallest absolute Gasteiger partial charge is 0.260 e. The minimum Gasteiger partial charge on any atom is -0.316 e. The van der Waals surface area contributed by atoms with Crippen molar-refractivity contribution in [2.24, 2.45) is 17.8 Å². The maximum absolute atomic E-state index is 12.8. The van der Waals surface area contributed by atoms with Gasteiger partial charge in [0, 0.05) is 13.0 Å². The molecule has 2 saturated heterocycles. The summed E-state index contributed by atoms with van der Waals surface area (Å²) in [6.45, 7) is 16.2. The molecule has 2 aliphatic rings. The zero-order valence-corrected chi connectivity index (χ0v) is 16.2. The lowest BCUT2D eigenvalue weighted by molar-refractivity contribution is -0.0463. The largest absolute Gasteiger partial charge is 0.316 e. The maximum Gasteiger partial charge on any atom is 0.260 e. The van der Waals surface area contributed by atoms with Gasteiger partial charge >= 0.3 is 0 Å². The molecule has 0 bridgehead atoms. The van der Waals surface area contributed by atoms with Gasteiger partial charge in [-0.15, -0.1) is 0 Å². The van der Waals surface area contributed by atoms with E-state index in [1.54, 1.807) is 0 Å². The van der Waals surface area contributed by atoms with Crippen molar-refractivity contribution < 1.29 is 13.2 Å². The standard InChI is InChI=1S/C8H15F2N.C6H12FN.2C2H6/c1-6(2)7-3-8(9,10)5-11-4-7;1-5-4-8-3-2-6(5)7;2*1-2/h6-7,11H,3-5H2,1-2H3;5-6,8H,2-4H2,1H3;2*1-2H3. The van der Waals surface area contributed by atoms with Crippen LogP contribution in [0, 0.1) is 17.8 Å². The fourth-order valence-corrected chi connectivity index (χ4v) is 2.42. The monoisotopic (exact) mass is 340 g/mol. The Morgan fingerprint density at radius 2 is 1.57 bits per heavy atom. The Hall–Kier alpha value is -0.290. The van der Waals surface area contributed by atoms with Crippen LogP contribution in [0.25, 0.3) is 0 Å². The molecule has 142 valence electrons. The predicted molar refractivity (Wildman–Crippen MR) is 95.0 cm³/mol. The average molecular weight is 341 g/mol. The van der Waals surface area contributed by atoms with Crippen molar-refractivity contribution in [2.75, 3.05) is 26.2 Å². The first-order chi connectivity index (χ1) is 10.8. The molecular weight excluding hydrogens is 301 g/mol. The summed E-state index contributed by atoms with van der Waals surface area (Å²) >= 11 is 0. The van der Waals surface area contributed by atoms with E-state index in [9.17, 15) is 13.2 Å². The van der Waals surface area contributed by atoms with Gasteiger partial charge in [0.05, 0.1) is 6.54 Å². The van der Waals surface area contributed by atoms with Crippen molar-refractivity contribution >= 4 is 0 Å². The number of halogens is 3. The summed E-state index contributed by atoms with van der Waals surface area (Å²) in [5.74, 6) is -1.76. The Kier molecular flexibility index (Phi) is 15.3. The van der Waals surface area contributed by atoms with Crippen LogP contribution in [-0.2, 0) is 0 Å². The van der Waals surface area contributed by atoms with Crippen LogP contribution in [0.15, 0.2) is 0 Å². The first-order valence-corrected chi connectivity index (χ1v) is 9.25. The van der Waals surface area contributed by atoms with Crippen molar-refractivity contribution in [3.63, 3.8) is 0 Å². The molecule has 3 atom stereocenters. The highest BCUT2D eigenvalue weighted by Crippen LogP contribution is 2.29. The summed E-state index contributed by atoms with van der Waals surface area (Å²) in [7, 11) is 0. The second-order valence-corrected chi connectivity index (χ2v) is 6.18. The van der Waals surface area contributed by atoms with Crippen molar-refractivity contribution in [3.05, 3.63) is 0 Å². The minimum absolute atomic E-state index is 0.0532. The molecule has 2 nitrogen and oxygen atoms in total. The van der Waals surface area contributed by atoms with E-state index in [0.29, 0.717) is 12.3 Å². The summed E-state index contributed by atoms with van der Waals surface area (Å²) in [5, 5.41) is 5.88. The van der Waals surface area contributed by atoms with Gasteiger partial charge in [-0.25, -0.2) is 13.2 Å². The van der Waals surface area contributed by atoms with Gasteiger partial charge in [-0.3, -0.25) is 0 Å². The fourth-order valence-electron chi connectivity index (χ4n) is 2.42. The van der Waals surface area contributed by atoms with Crippen LogP contribution in [0.3, 0.4) is 0 Å². The van der Waals surface area contributed by atoms with E-state index in [1.807, 2.05) is 48.5 Å². The van der Waals surface area contributed by atoms with E-state index in [4.69, 9.17) is 0 Å². The van der Waals surface area contributed by atoms with Crippen LogP contribution in [-0.4, -0.2) is 38.3 Å². The molecule has 0 aromatic rings. The SMILES string of the molecule is CC.CC.CC(C)C1CNCC(F)(F)C1.CC1CNCCC1F. The lowest BCUT2D eigenvalue weighted by Crippen LogP contribution is -2.45. The van der Waals surface area contributed by atoms with Gasteiger partial charge in [-0.05, 0) is 37.3 Å². The Balaban J connectivity index is 0. The Labute approximate surface area is 142 Å². The van der Waals surface area contributed by atoms with Crippen LogP contribution < -0.4 is 10.6 Å². The van der Waals surface area contributed by atoms with Crippen molar-refractivity contribution in [2.45, 2.75) is 73.4 Å². The van der Waals surface area contributed by atoms with Crippen LogP contribution in [0.4, 0.5) is 13.2 Å². The zero-order valence-electron chi connectivity index (χ0n) is 16.2. The highest BCUT2D eigenvalue weighted by Gasteiger charge is 2.36. The average Bonchev–Trinajstić information content (AvgIpc) is 2.54. The van der Waals surface area contributed by atoms with Crippen molar-refractivity contribution in [3.8, 4) is 0 Å². The third kappa shape index (κ3) is 11.8. The second kappa shape index (κ2) is 14.1. The molecule has 0 aromatic heterocycles. The van der Waals surface area contributed by atoms with Crippen molar-refractivity contribution in [1.29, 1.82) is 0 Å². The minimum atomic E-state index is -2.48. The number of hydrogen-bond donors (Lipinski definition) is 2. The van der Waals surface area contributed by atoms with E-state index >= 15 is 0 Å². The molecule has 2 rings (SSSR count). The molecule has 2 N–H and O–H groups in total. The molecule has 0 aliphatic carbocycles. The van der Waals surface area contributed by atoms with E-state index < -0.39 is 12.1 Å². The van der Waals surface area contributed by atoms with Crippen molar-refractivity contribution in [1.82, 2.24) is 10.6 Å². The molecule has 0 saturated carbocycles. The lowest BCUT2D eigenvalue weighted by atomic mass is 9.87. The van der Waals surface area contributed by atoms with Gasteiger partial charge in [0.1, 0.15) is 6.17 Å². The first kappa shape index (κ1) is 25.0. The third-order valence-corrected chi connectivity index (χ3v) is 3.97. The molecule has 2 fully saturated rings. The van der Waals surface area contributed by atoms with Gasteiger partial charge < -0.3 is 10.6 Å². The Bertz CT molecular complexity index is 251. The number of rotatable bonds is 1. The maximum atomic E-state index is 12.8. The normalized spacial score (nSPS) is 29.1. The fraction of sp³-hybridized carbons (Fsp3) is 1.00. The van der Waals surface area contributed by atoms with Gasteiger partial charge in [0.2, 0.25) is 0 Å². The summed E-state index contributed by atoms with van der Waals surface area (Å²) in [6.07, 6.45) is 0.190. The molecule has 23 heavy (non-hydrogen) atoms. The van der Waals surface area contributed by atoms with Crippen LogP contribution in [0.2, 0.25) is 0 Å². The molecular formula is C18H39F3N2. The molecule has 0 amide bonds. The predicted octanol–water partition coefficient (Wildman–Crippen LogP) is 4.89. The summed E-state index contributed by atoms with van der Waals surface area (Å²) in [6, 6.07) is 0. The molecule has 3 unspecified atom stereocenters. The van der Waals surface area contributed by atoms with E-state index in [0.717, 1.165) is 19.6 Å². The topological polar surface area (TPSA) is 24.1 Å². The summed E-state index contributed by atoms with van der Waals surface area (Å²) < 4.78 is 38.0. The highest BCUT2D eigenvalue weighted by molar-refractivity contribution is 4.82. The van der Waals surface area contributed by atoms with Crippen LogP contribution >= 0.6 is 0 Å². The van der Waals surface area contributed by atoms with Gasteiger partial charge in [-0.1, -0.05) is 48.5 Å². The molecule has 2 heterocycles. The van der Waals surface area contributed by atoms with Crippen LogP contribution in [0.5, 0.6) is 0 Å². The summed E-state index contributed by atoms with van der Waals surface area (Å²) in [4.78, 5) is 0. The molecule has 0 radical (unpaired) electrons. The zero-order chi connectivity index (χ0) is 18.5. The van der Waals surface area contributed by atoms with Gasteiger partial charge in [-0.2, -0.15) is 0 Å². The van der Waals surface area contributed by atoms with E-state index in [-0.39, 0.29) is 24.8 Å². The highest BCUT2D eigenvalue weighted by atomic mass is 19.3. The molecule has 2 aliphatic heterocycles. The van der Waals surface area contributed by atoms with Gasteiger partial charge in [0.25, 0.3) is 5.92 Å². The Morgan fingerprint density at radius 1 is 1.00 bits per heavy atom. The van der Waals surface area contributed by atoms with Crippen LogP contribution in [0.1, 0.15) is 61.3 Å². The van der Waals surface area contributed by atoms with Gasteiger partial charge in [0.15, 0.2) is 0 Å². The quantitative estimate of drug-likeness (QED) is 0.710. The molecule has 0 spiro atoms. The summed E-state index contributed by atoms with van der Waals surface area (Å²) in [5.41, 5.74) is 0. The number of hydrogen-bond acceptors (Lipinski definition) is 2. The number of piperidine rings is 2. The van der Waals surface area contributed by atoms with E-state index in [2.05, 4.69) is 10.6 Å². The lowest BCUT2D eigenvalue weighted by Gasteiger charge is -2.31. The first-order valence-electron chi connectivity index (χ1n) is 9.25. The molecule has 5 heteroatoms. The second-order valence-electron chi connectivity index (χ2n) is 6.18. The molecule has 0 aromatic carbocycles. The number of alkyl halides is 3. The number of nitrogens with one attached hydrogen (secondary N) is 2.